The van der Waals surface area contributed by atoms with Gasteiger partial charge in [-0.05, 0) is 0 Å². The SMILES string of the molecule is NOCCOS(=O)(=O)O. The summed E-state index contributed by atoms with van der Waals surface area (Å²) < 4.78 is 31.2. The van der Waals surface area contributed by atoms with E-state index in [9.17, 15) is 8.42 Å². The van der Waals surface area contributed by atoms with Crippen LogP contribution in [-0.4, -0.2) is 26.2 Å². The second-order valence-electron chi connectivity index (χ2n) is 1.12. The fourth-order valence-corrected chi connectivity index (χ4v) is 0.466. The van der Waals surface area contributed by atoms with E-state index < -0.39 is 10.4 Å². The summed E-state index contributed by atoms with van der Waals surface area (Å²) in [4.78, 5) is 3.94. The number of rotatable bonds is 4. The van der Waals surface area contributed by atoms with Gasteiger partial charge in [-0.3, -0.25) is 4.55 Å². The molecule has 0 rings (SSSR count). The highest BCUT2D eigenvalue weighted by molar-refractivity contribution is 7.80. The van der Waals surface area contributed by atoms with Crippen molar-refractivity contribution in [2.24, 2.45) is 5.90 Å². The van der Waals surface area contributed by atoms with Crippen molar-refractivity contribution < 1.29 is 22.0 Å². The molecule has 0 aromatic carbocycles. The van der Waals surface area contributed by atoms with Gasteiger partial charge in [-0.1, -0.05) is 0 Å². The van der Waals surface area contributed by atoms with E-state index in [1.54, 1.807) is 0 Å². The van der Waals surface area contributed by atoms with E-state index in [0.29, 0.717) is 0 Å². The first-order chi connectivity index (χ1) is 4.06. The molecule has 0 heterocycles. The van der Waals surface area contributed by atoms with Gasteiger partial charge < -0.3 is 4.84 Å². The minimum Gasteiger partial charge on any atom is -0.302 e. The highest BCUT2D eigenvalue weighted by Gasteiger charge is 2.01. The fourth-order valence-electron chi connectivity index (χ4n) is 0.187. The lowest BCUT2D eigenvalue weighted by Gasteiger charge is -1.95. The molecule has 0 atom stereocenters. The zero-order valence-electron chi connectivity index (χ0n) is 4.48. The summed E-state index contributed by atoms with van der Waals surface area (Å²) in [5.74, 6) is 4.50. The standard InChI is InChI=1S/C2H7NO5S/c3-7-1-2-8-9(4,5)6/h1-3H2,(H,4,5,6). The molecular formula is C2H7NO5S. The Morgan fingerprint density at radius 1 is 1.44 bits per heavy atom. The van der Waals surface area contributed by atoms with E-state index in [1.165, 1.54) is 0 Å². The Balaban J connectivity index is 3.30. The van der Waals surface area contributed by atoms with Crippen LogP contribution in [0.4, 0.5) is 0 Å². The molecule has 0 spiro atoms. The van der Waals surface area contributed by atoms with Crippen LogP contribution in [0.15, 0.2) is 0 Å². The lowest BCUT2D eigenvalue weighted by atomic mass is 10.8. The molecule has 0 saturated heterocycles. The Labute approximate surface area is 52.5 Å². The van der Waals surface area contributed by atoms with Crippen molar-refractivity contribution in [3.8, 4) is 0 Å². The molecule has 9 heavy (non-hydrogen) atoms. The van der Waals surface area contributed by atoms with E-state index >= 15 is 0 Å². The molecule has 0 saturated carbocycles. The quantitative estimate of drug-likeness (QED) is 0.299. The third-order valence-electron chi connectivity index (χ3n) is 0.433. The van der Waals surface area contributed by atoms with Gasteiger partial charge in [0.15, 0.2) is 0 Å². The molecule has 0 aromatic heterocycles. The highest BCUT2D eigenvalue weighted by Crippen LogP contribution is 1.83. The zero-order chi connectivity index (χ0) is 7.33. The predicted octanol–water partition coefficient (Wildman–Crippen LogP) is -1.30. The van der Waals surface area contributed by atoms with Crippen molar-refractivity contribution in [1.82, 2.24) is 0 Å². The topological polar surface area (TPSA) is 98.9 Å². The van der Waals surface area contributed by atoms with Gasteiger partial charge in [-0.15, -0.1) is 0 Å². The maximum absolute atomic E-state index is 9.74. The van der Waals surface area contributed by atoms with E-state index in [0.717, 1.165) is 0 Å². The molecule has 3 N–H and O–H groups in total. The average molecular weight is 157 g/mol. The minimum atomic E-state index is -4.33. The van der Waals surface area contributed by atoms with Gasteiger partial charge in [-0.2, -0.15) is 8.42 Å². The first-order valence-electron chi connectivity index (χ1n) is 2.00. The molecule has 6 nitrogen and oxygen atoms in total. The summed E-state index contributed by atoms with van der Waals surface area (Å²) in [5, 5.41) is 0. The number of hydrogen-bond acceptors (Lipinski definition) is 5. The molecule has 0 aromatic rings. The second-order valence-corrected chi connectivity index (χ2v) is 2.21. The van der Waals surface area contributed by atoms with E-state index in [1.807, 2.05) is 0 Å². The average Bonchev–Trinajstić information content (AvgIpc) is 1.63. The van der Waals surface area contributed by atoms with E-state index in [4.69, 9.17) is 4.55 Å². The van der Waals surface area contributed by atoms with Crippen LogP contribution in [0.2, 0.25) is 0 Å². The van der Waals surface area contributed by atoms with Crippen molar-refractivity contribution >= 4 is 10.4 Å². The van der Waals surface area contributed by atoms with Crippen LogP contribution in [0, 0.1) is 0 Å². The third kappa shape index (κ3) is 7.79. The smallest absolute Gasteiger partial charge is 0.302 e. The van der Waals surface area contributed by atoms with Crippen LogP contribution in [0.25, 0.3) is 0 Å². The molecule has 0 amide bonds. The predicted molar refractivity (Wildman–Crippen MR) is 27.6 cm³/mol. The Kier molecular flexibility index (Phi) is 3.66. The van der Waals surface area contributed by atoms with Crippen LogP contribution in [0.5, 0.6) is 0 Å². The molecule has 0 bridgehead atoms. The van der Waals surface area contributed by atoms with Crippen LogP contribution in [0.1, 0.15) is 0 Å². The first kappa shape index (κ1) is 8.79. The first-order valence-corrected chi connectivity index (χ1v) is 3.36. The largest absolute Gasteiger partial charge is 0.397 e. The highest BCUT2D eigenvalue weighted by atomic mass is 32.3. The molecule has 0 fully saturated rings. The van der Waals surface area contributed by atoms with Gasteiger partial charge in [0.25, 0.3) is 0 Å². The summed E-state index contributed by atoms with van der Waals surface area (Å²) in [6.45, 7) is -0.366. The maximum atomic E-state index is 9.74. The van der Waals surface area contributed by atoms with E-state index in [-0.39, 0.29) is 13.2 Å². The molecule has 56 valence electrons. The number of nitrogens with two attached hydrogens (primary N) is 1. The van der Waals surface area contributed by atoms with Crippen molar-refractivity contribution in [1.29, 1.82) is 0 Å². The molecule has 0 aliphatic carbocycles. The van der Waals surface area contributed by atoms with Crippen LogP contribution >= 0.6 is 0 Å². The second kappa shape index (κ2) is 3.75. The van der Waals surface area contributed by atoms with Crippen molar-refractivity contribution in [2.75, 3.05) is 13.2 Å². The van der Waals surface area contributed by atoms with Crippen LogP contribution in [-0.2, 0) is 19.4 Å². The molecule has 0 aliphatic heterocycles. The normalized spacial score (nSPS) is 11.8. The fraction of sp³-hybridized carbons (Fsp3) is 1.00. The van der Waals surface area contributed by atoms with Crippen LogP contribution < -0.4 is 5.90 Å². The molecule has 0 unspecified atom stereocenters. The summed E-state index contributed by atoms with van der Waals surface area (Å²) >= 11 is 0. The maximum Gasteiger partial charge on any atom is 0.397 e. The molecule has 0 radical (unpaired) electrons. The lowest BCUT2D eigenvalue weighted by Crippen LogP contribution is -2.12. The van der Waals surface area contributed by atoms with Gasteiger partial charge in [0.2, 0.25) is 0 Å². The lowest BCUT2D eigenvalue weighted by molar-refractivity contribution is 0.0991. The Hall–Kier alpha value is -0.210. The van der Waals surface area contributed by atoms with Gasteiger partial charge in [0.1, 0.15) is 0 Å². The molecule has 7 heteroatoms. The third-order valence-corrected chi connectivity index (χ3v) is 0.898. The van der Waals surface area contributed by atoms with Gasteiger partial charge in [0, 0.05) is 0 Å². The summed E-state index contributed by atoms with van der Waals surface area (Å²) in [6, 6.07) is 0. The van der Waals surface area contributed by atoms with Gasteiger partial charge >= 0.3 is 10.4 Å². The summed E-state index contributed by atoms with van der Waals surface area (Å²) in [6.07, 6.45) is 0. The Morgan fingerprint density at radius 3 is 2.33 bits per heavy atom. The van der Waals surface area contributed by atoms with E-state index in [2.05, 4.69) is 14.9 Å². The zero-order valence-corrected chi connectivity index (χ0v) is 5.30. The Morgan fingerprint density at radius 2 is 2.00 bits per heavy atom. The van der Waals surface area contributed by atoms with Gasteiger partial charge in [-0.25, -0.2) is 10.1 Å². The number of hydrogen-bond donors (Lipinski definition) is 2. The van der Waals surface area contributed by atoms with Crippen LogP contribution in [0.3, 0.4) is 0 Å². The van der Waals surface area contributed by atoms with Gasteiger partial charge in [0.05, 0.1) is 13.2 Å². The van der Waals surface area contributed by atoms with Crippen molar-refractivity contribution in [3.05, 3.63) is 0 Å². The monoisotopic (exact) mass is 157 g/mol. The summed E-state index contributed by atoms with van der Waals surface area (Å²) in [5.41, 5.74) is 0. The van der Waals surface area contributed by atoms with Crippen molar-refractivity contribution in [2.45, 2.75) is 0 Å². The van der Waals surface area contributed by atoms with Crippen molar-refractivity contribution in [3.63, 3.8) is 0 Å². The summed E-state index contributed by atoms with van der Waals surface area (Å²) in [7, 11) is -4.33. The minimum absolute atomic E-state index is 0.0835. The Bertz CT molecular complexity index is 150. The molecular weight excluding hydrogens is 150 g/mol. The molecule has 0 aliphatic rings.